The maximum absolute atomic E-state index is 13.9. The normalized spacial score (nSPS) is 11.4. The number of nitrogens with one attached hydrogen (secondary N) is 1. The fourth-order valence-electron chi connectivity index (χ4n) is 1.69. The molecule has 0 unspecified atom stereocenters. The molecule has 0 bridgehead atoms. The third-order valence-electron chi connectivity index (χ3n) is 2.69. The third-order valence-corrected chi connectivity index (χ3v) is 3.32. The van der Waals surface area contributed by atoms with Crippen LogP contribution in [-0.4, -0.2) is 6.54 Å². The van der Waals surface area contributed by atoms with Gasteiger partial charge in [-0.1, -0.05) is 30.3 Å². The molecule has 0 saturated carbocycles. The molecule has 0 heterocycles. The summed E-state index contributed by atoms with van der Waals surface area (Å²) in [6.45, 7) is -0.793. The van der Waals surface area contributed by atoms with E-state index in [2.05, 4.69) is 21.2 Å². The van der Waals surface area contributed by atoms with E-state index in [9.17, 15) is 17.6 Å². The van der Waals surface area contributed by atoms with Gasteiger partial charge in [-0.15, -0.1) is 0 Å². The minimum absolute atomic E-state index is 0.0545. The zero-order chi connectivity index (χ0) is 14.8. The lowest BCUT2D eigenvalue weighted by atomic mass is 10.1. The minimum atomic E-state index is -3.17. The first-order valence-corrected chi connectivity index (χ1v) is 6.51. The topological polar surface area (TPSA) is 12.0 Å². The zero-order valence-corrected chi connectivity index (χ0v) is 11.7. The lowest BCUT2D eigenvalue weighted by molar-refractivity contribution is 0.0105. The molecule has 0 radical (unpaired) electrons. The van der Waals surface area contributed by atoms with Crippen molar-refractivity contribution >= 4 is 21.6 Å². The van der Waals surface area contributed by atoms with Crippen molar-refractivity contribution < 1.29 is 17.6 Å². The van der Waals surface area contributed by atoms with E-state index in [1.165, 1.54) is 24.3 Å². The number of halogens is 5. The Morgan fingerprint density at radius 2 is 1.70 bits per heavy atom. The summed E-state index contributed by atoms with van der Waals surface area (Å²) in [6.07, 6.45) is 0. The summed E-state index contributed by atoms with van der Waals surface area (Å²) in [5.41, 5.74) is -0.367. The molecule has 0 saturated heterocycles. The predicted molar refractivity (Wildman–Crippen MR) is 72.9 cm³/mol. The van der Waals surface area contributed by atoms with E-state index in [0.717, 1.165) is 6.07 Å². The number of rotatable bonds is 4. The molecule has 1 N–H and O–H groups in total. The summed E-state index contributed by atoms with van der Waals surface area (Å²) in [7, 11) is 0. The van der Waals surface area contributed by atoms with Gasteiger partial charge < -0.3 is 5.32 Å². The number of anilines is 1. The number of alkyl halides is 2. The van der Waals surface area contributed by atoms with E-state index < -0.39 is 24.1 Å². The zero-order valence-electron chi connectivity index (χ0n) is 10.1. The average Bonchev–Trinajstić information content (AvgIpc) is 2.38. The van der Waals surface area contributed by atoms with Crippen LogP contribution in [-0.2, 0) is 5.92 Å². The second-order valence-corrected chi connectivity index (χ2v) is 5.02. The van der Waals surface area contributed by atoms with Gasteiger partial charge in [-0.3, -0.25) is 0 Å². The highest BCUT2D eigenvalue weighted by Gasteiger charge is 2.31. The molecule has 0 spiro atoms. The van der Waals surface area contributed by atoms with Crippen LogP contribution < -0.4 is 5.32 Å². The van der Waals surface area contributed by atoms with E-state index in [1.54, 1.807) is 6.07 Å². The van der Waals surface area contributed by atoms with Crippen LogP contribution in [0.2, 0.25) is 0 Å². The van der Waals surface area contributed by atoms with Crippen LogP contribution in [0.5, 0.6) is 0 Å². The number of benzene rings is 2. The van der Waals surface area contributed by atoms with Crippen LogP contribution >= 0.6 is 15.9 Å². The molecule has 2 rings (SSSR count). The predicted octanol–water partition coefficient (Wildman–Crippen LogP) is 4.93. The second-order valence-electron chi connectivity index (χ2n) is 4.17. The summed E-state index contributed by atoms with van der Waals surface area (Å²) in [4.78, 5) is 0. The quantitative estimate of drug-likeness (QED) is 0.773. The van der Waals surface area contributed by atoms with Crippen LogP contribution in [0.25, 0.3) is 0 Å². The minimum Gasteiger partial charge on any atom is -0.375 e. The Hall–Kier alpha value is -1.56. The maximum Gasteiger partial charge on any atom is 0.290 e. The fraction of sp³-hybridized carbons (Fsp3) is 0.143. The van der Waals surface area contributed by atoms with Gasteiger partial charge in [-0.25, -0.2) is 8.78 Å². The second kappa shape index (κ2) is 5.83. The Morgan fingerprint density at radius 3 is 2.30 bits per heavy atom. The van der Waals surface area contributed by atoms with Crippen molar-refractivity contribution in [3.63, 3.8) is 0 Å². The summed E-state index contributed by atoms with van der Waals surface area (Å²) in [5, 5.41) is 2.31. The van der Waals surface area contributed by atoms with Crippen molar-refractivity contribution in [2.75, 3.05) is 11.9 Å². The van der Waals surface area contributed by atoms with Crippen molar-refractivity contribution in [3.8, 4) is 0 Å². The van der Waals surface area contributed by atoms with Crippen molar-refractivity contribution in [2.45, 2.75) is 5.92 Å². The lowest BCUT2D eigenvalue weighted by Crippen LogP contribution is -2.25. The van der Waals surface area contributed by atoms with Crippen LogP contribution in [0.4, 0.5) is 23.2 Å². The van der Waals surface area contributed by atoms with Gasteiger partial charge >= 0.3 is 0 Å². The van der Waals surface area contributed by atoms with Gasteiger partial charge in [-0.2, -0.15) is 8.78 Å². The van der Waals surface area contributed by atoms with Crippen LogP contribution in [0.3, 0.4) is 0 Å². The molecular formula is C14H10BrF4N. The molecule has 1 nitrogen and oxygen atoms in total. The van der Waals surface area contributed by atoms with E-state index in [-0.39, 0.29) is 15.7 Å². The summed E-state index contributed by atoms with van der Waals surface area (Å²) in [5.74, 6) is -4.88. The van der Waals surface area contributed by atoms with Crippen LogP contribution in [0.15, 0.2) is 46.9 Å². The van der Waals surface area contributed by atoms with Gasteiger partial charge in [0.05, 0.1) is 12.2 Å². The molecule has 0 fully saturated rings. The molecular weight excluding hydrogens is 338 g/mol. The average molecular weight is 348 g/mol. The lowest BCUT2D eigenvalue weighted by Gasteiger charge is -2.19. The van der Waals surface area contributed by atoms with Crippen molar-refractivity contribution in [1.82, 2.24) is 0 Å². The summed E-state index contributed by atoms with van der Waals surface area (Å²) in [6, 6.07) is 8.84. The first-order valence-electron chi connectivity index (χ1n) is 5.72. The number of hydrogen-bond acceptors (Lipinski definition) is 1. The van der Waals surface area contributed by atoms with Gasteiger partial charge in [0.1, 0.15) is 11.6 Å². The monoisotopic (exact) mass is 347 g/mol. The largest absolute Gasteiger partial charge is 0.375 e. The van der Waals surface area contributed by atoms with Gasteiger partial charge in [0.15, 0.2) is 0 Å². The van der Waals surface area contributed by atoms with Crippen molar-refractivity contribution in [2.24, 2.45) is 0 Å². The Labute approximate surface area is 121 Å². The fourth-order valence-corrected chi connectivity index (χ4v) is 2.24. The highest BCUT2D eigenvalue weighted by atomic mass is 79.9. The molecule has 0 aliphatic rings. The molecule has 0 atom stereocenters. The standard InChI is InChI=1S/C14H10BrF4N/c15-11-6-10(16)7-12(17)13(11)20-8-14(18,19)9-4-2-1-3-5-9/h1-7,20H,8H2. The summed E-state index contributed by atoms with van der Waals surface area (Å²) < 4.78 is 54.3. The van der Waals surface area contributed by atoms with E-state index >= 15 is 0 Å². The SMILES string of the molecule is Fc1cc(F)c(NCC(F)(F)c2ccccc2)c(Br)c1. The third kappa shape index (κ3) is 3.30. The van der Waals surface area contributed by atoms with E-state index in [0.29, 0.717) is 6.07 Å². The van der Waals surface area contributed by atoms with Crippen LogP contribution in [0, 0.1) is 11.6 Å². The molecule has 2 aromatic rings. The molecule has 0 aliphatic heterocycles. The van der Waals surface area contributed by atoms with Crippen molar-refractivity contribution in [1.29, 1.82) is 0 Å². The molecule has 2 aromatic carbocycles. The van der Waals surface area contributed by atoms with Gasteiger partial charge in [-0.05, 0) is 22.0 Å². The van der Waals surface area contributed by atoms with Gasteiger partial charge in [0.25, 0.3) is 5.92 Å². The molecule has 0 amide bonds. The van der Waals surface area contributed by atoms with E-state index in [4.69, 9.17) is 0 Å². The smallest absolute Gasteiger partial charge is 0.290 e. The Morgan fingerprint density at radius 1 is 1.05 bits per heavy atom. The highest BCUT2D eigenvalue weighted by Crippen LogP contribution is 2.31. The number of hydrogen-bond donors (Lipinski definition) is 1. The molecule has 20 heavy (non-hydrogen) atoms. The maximum atomic E-state index is 13.9. The van der Waals surface area contributed by atoms with E-state index in [1.807, 2.05) is 0 Å². The van der Waals surface area contributed by atoms with Gasteiger partial charge in [0, 0.05) is 16.1 Å². The Balaban J connectivity index is 2.17. The molecule has 106 valence electrons. The summed E-state index contributed by atoms with van der Waals surface area (Å²) >= 11 is 2.93. The first kappa shape index (κ1) is 14.8. The highest BCUT2D eigenvalue weighted by molar-refractivity contribution is 9.10. The van der Waals surface area contributed by atoms with Crippen LogP contribution in [0.1, 0.15) is 5.56 Å². The first-order chi connectivity index (χ1) is 9.40. The van der Waals surface area contributed by atoms with Gasteiger partial charge in [0.2, 0.25) is 0 Å². The van der Waals surface area contributed by atoms with Crippen molar-refractivity contribution in [3.05, 3.63) is 64.1 Å². The Bertz CT molecular complexity index is 578. The molecule has 6 heteroatoms. The molecule has 0 aromatic heterocycles. The molecule has 0 aliphatic carbocycles. The Kier molecular flexibility index (Phi) is 4.32.